The number of amides is 1. The Bertz CT molecular complexity index is 325. The summed E-state index contributed by atoms with van der Waals surface area (Å²) in [7, 11) is 0. The molecule has 5 nitrogen and oxygen atoms in total. The summed E-state index contributed by atoms with van der Waals surface area (Å²) in [6, 6.07) is 0.0540. The standard InChI is InChI=1S/C14H25NO4/c1-7-11(6)15-14(17)19-12(9(2)3)8-18-13(16)10(4)5/h9,11-12H,4,7-8H2,1-3,5-6H3,(H,15,17). The molecule has 1 N–H and O–H groups in total. The van der Waals surface area contributed by atoms with Crippen molar-refractivity contribution in [2.75, 3.05) is 6.61 Å². The number of nitrogens with one attached hydrogen (secondary N) is 1. The third kappa shape index (κ3) is 7.49. The van der Waals surface area contributed by atoms with Crippen LogP contribution in [0.25, 0.3) is 0 Å². The predicted octanol–water partition coefficient (Wildman–Crippen LogP) is 2.66. The van der Waals surface area contributed by atoms with Crippen molar-refractivity contribution in [3.63, 3.8) is 0 Å². The minimum atomic E-state index is -0.487. The second-order valence-corrected chi connectivity index (χ2v) is 5.02. The van der Waals surface area contributed by atoms with Crippen LogP contribution in [0.4, 0.5) is 4.79 Å². The minimum Gasteiger partial charge on any atom is -0.458 e. The zero-order valence-corrected chi connectivity index (χ0v) is 12.5. The molecule has 0 aromatic carbocycles. The van der Waals surface area contributed by atoms with Gasteiger partial charge in [-0.2, -0.15) is 0 Å². The topological polar surface area (TPSA) is 64.6 Å². The lowest BCUT2D eigenvalue weighted by Gasteiger charge is -2.22. The van der Waals surface area contributed by atoms with E-state index in [2.05, 4.69) is 11.9 Å². The number of carbonyl (C=O) groups is 2. The fourth-order valence-corrected chi connectivity index (χ4v) is 1.12. The van der Waals surface area contributed by atoms with Crippen LogP contribution in [0.3, 0.4) is 0 Å². The van der Waals surface area contributed by atoms with E-state index in [0.29, 0.717) is 5.57 Å². The van der Waals surface area contributed by atoms with Gasteiger partial charge in [-0.15, -0.1) is 0 Å². The summed E-state index contributed by atoms with van der Waals surface area (Å²) in [5.74, 6) is -0.419. The van der Waals surface area contributed by atoms with E-state index in [9.17, 15) is 9.59 Å². The van der Waals surface area contributed by atoms with E-state index in [1.54, 1.807) is 6.92 Å². The van der Waals surface area contributed by atoms with Gasteiger partial charge in [0, 0.05) is 11.6 Å². The first kappa shape index (κ1) is 17.5. The highest BCUT2D eigenvalue weighted by Gasteiger charge is 2.21. The summed E-state index contributed by atoms with van der Waals surface area (Å²) in [4.78, 5) is 22.9. The summed E-state index contributed by atoms with van der Waals surface area (Å²) < 4.78 is 10.3. The molecule has 2 atom stereocenters. The minimum absolute atomic E-state index is 0.0390. The molecule has 0 aromatic rings. The molecule has 0 rings (SSSR count). The number of hydrogen-bond donors (Lipinski definition) is 1. The third-order valence-electron chi connectivity index (χ3n) is 2.71. The fraction of sp³-hybridized carbons (Fsp3) is 0.714. The molecular formula is C14H25NO4. The average molecular weight is 271 g/mol. The molecule has 110 valence electrons. The first-order valence-corrected chi connectivity index (χ1v) is 6.57. The molecule has 0 fully saturated rings. The molecule has 5 heteroatoms. The molecular weight excluding hydrogens is 246 g/mol. The second kappa shape index (κ2) is 8.56. The lowest BCUT2D eigenvalue weighted by atomic mass is 10.1. The van der Waals surface area contributed by atoms with Gasteiger partial charge in [-0.1, -0.05) is 27.4 Å². The molecule has 2 unspecified atom stereocenters. The summed E-state index contributed by atoms with van der Waals surface area (Å²) >= 11 is 0. The van der Waals surface area contributed by atoms with Crippen molar-refractivity contribution >= 4 is 12.1 Å². The van der Waals surface area contributed by atoms with Crippen molar-refractivity contribution in [2.24, 2.45) is 5.92 Å². The average Bonchev–Trinajstić information content (AvgIpc) is 2.32. The van der Waals surface area contributed by atoms with Crippen LogP contribution in [-0.2, 0) is 14.3 Å². The Morgan fingerprint density at radius 1 is 1.26 bits per heavy atom. The Hall–Kier alpha value is -1.52. The number of carbonyl (C=O) groups excluding carboxylic acids is 2. The van der Waals surface area contributed by atoms with E-state index in [1.165, 1.54) is 0 Å². The molecule has 0 saturated heterocycles. The normalized spacial score (nSPS) is 13.6. The lowest BCUT2D eigenvalue weighted by Crippen LogP contribution is -2.38. The molecule has 0 saturated carbocycles. The molecule has 19 heavy (non-hydrogen) atoms. The van der Waals surface area contributed by atoms with Gasteiger partial charge < -0.3 is 14.8 Å². The van der Waals surface area contributed by atoms with Gasteiger partial charge in [0.1, 0.15) is 12.7 Å². The van der Waals surface area contributed by atoms with Crippen molar-refractivity contribution in [1.82, 2.24) is 5.32 Å². The zero-order valence-electron chi connectivity index (χ0n) is 12.5. The van der Waals surface area contributed by atoms with Crippen molar-refractivity contribution in [1.29, 1.82) is 0 Å². The number of esters is 1. The summed E-state index contributed by atoms with van der Waals surface area (Å²) in [5.41, 5.74) is 0.326. The van der Waals surface area contributed by atoms with E-state index in [1.807, 2.05) is 27.7 Å². The lowest BCUT2D eigenvalue weighted by molar-refractivity contribution is -0.142. The van der Waals surface area contributed by atoms with Gasteiger partial charge in [0.15, 0.2) is 0 Å². The van der Waals surface area contributed by atoms with E-state index >= 15 is 0 Å². The molecule has 0 aromatic heterocycles. The molecule has 0 aliphatic heterocycles. The van der Waals surface area contributed by atoms with E-state index in [0.717, 1.165) is 6.42 Å². The van der Waals surface area contributed by atoms with Crippen LogP contribution in [0, 0.1) is 5.92 Å². The molecule has 0 bridgehead atoms. The predicted molar refractivity (Wildman–Crippen MR) is 73.8 cm³/mol. The van der Waals surface area contributed by atoms with Crippen LogP contribution in [-0.4, -0.2) is 30.8 Å². The van der Waals surface area contributed by atoms with Crippen molar-refractivity contribution in [3.8, 4) is 0 Å². The molecule has 0 aliphatic carbocycles. The SMILES string of the molecule is C=C(C)C(=O)OCC(OC(=O)NC(C)CC)C(C)C. The highest BCUT2D eigenvalue weighted by Crippen LogP contribution is 2.09. The van der Waals surface area contributed by atoms with Crippen LogP contribution in [0.1, 0.15) is 41.0 Å². The second-order valence-electron chi connectivity index (χ2n) is 5.02. The summed E-state index contributed by atoms with van der Waals surface area (Å²) in [6.07, 6.45) is -0.127. The zero-order chi connectivity index (χ0) is 15.0. The monoisotopic (exact) mass is 271 g/mol. The number of hydrogen-bond acceptors (Lipinski definition) is 4. The van der Waals surface area contributed by atoms with Crippen LogP contribution in [0.15, 0.2) is 12.2 Å². The molecule has 0 aliphatic rings. The first-order chi connectivity index (χ1) is 8.77. The van der Waals surface area contributed by atoms with Crippen molar-refractivity contribution in [3.05, 3.63) is 12.2 Å². The maximum absolute atomic E-state index is 11.6. The van der Waals surface area contributed by atoms with Crippen molar-refractivity contribution < 1.29 is 19.1 Å². The maximum Gasteiger partial charge on any atom is 0.407 e. The van der Waals surface area contributed by atoms with Gasteiger partial charge in [0.2, 0.25) is 0 Å². The fourth-order valence-electron chi connectivity index (χ4n) is 1.12. The summed E-state index contributed by atoms with van der Waals surface area (Å²) in [5, 5.41) is 2.71. The highest BCUT2D eigenvalue weighted by atomic mass is 16.6. The van der Waals surface area contributed by atoms with Gasteiger partial charge in [0.05, 0.1) is 0 Å². The van der Waals surface area contributed by atoms with Crippen LogP contribution in [0.5, 0.6) is 0 Å². The van der Waals surface area contributed by atoms with Gasteiger partial charge in [-0.05, 0) is 26.2 Å². The van der Waals surface area contributed by atoms with E-state index in [4.69, 9.17) is 9.47 Å². The van der Waals surface area contributed by atoms with E-state index < -0.39 is 18.2 Å². The number of alkyl carbamates (subject to hydrolysis) is 1. The molecule has 0 heterocycles. The van der Waals surface area contributed by atoms with Crippen LogP contribution >= 0.6 is 0 Å². The Morgan fingerprint density at radius 2 is 1.84 bits per heavy atom. The first-order valence-electron chi connectivity index (χ1n) is 6.57. The van der Waals surface area contributed by atoms with Crippen molar-refractivity contribution in [2.45, 2.75) is 53.2 Å². The largest absolute Gasteiger partial charge is 0.458 e. The highest BCUT2D eigenvalue weighted by molar-refractivity contribution is 5.86. The molecule has 0 radical (unpaired) electrons. The Kier molecular flexibility index (Phi) is 7.87. The molecule has 0 spiro atoms. The smallest absolute Gasteiger partial charge is 0.407 e. The Morgan fingerprint density at radius 3 is 2.26 bits per heavy atom. The molecule has 1 amide bonds. The van der Waals surface area contributed by atoms with E-state index in [-0.39, 0.29) is 18.6 Å². The third-order valence-corrected chi connectivity index (χ3v) is 2.71. The summed E-state index contributed by atoms with van der Waals surface area (Å²) in [6.45, 7) is 12.8. The van der Waals surface area contributed by atoms with Crippen LogP contribution in [0.2, 0.25) is 0 Å². The van der Waals surface area contributed by atoms with Gasteiger partial charge in [-0.3, -0.25) is 0 Å². The number of rotatable bonds is 7. The van der Waals surface area contributed by atoms with Gasteiger partial charge >= 0.3 is 12.1 Å². The van der Waals surface area contributed by atoms with Gasteiger partial charge in [0.25, 0.3) is 0 Å². The Balaban J connectivity index is 4.30. The Labute approximate surface area is 115 Å². The quantitative estimate of drug-likeness (QED) is 0.571. The van der Waals surface area contributed by atoms with Crippen LogP contribution < -0.4 is 5.32 Å². The maximum atomic E-state index is 11.6. The number of ether oxygens (including phenoxy) is 2. The van der Waals surface area contributed by atoms with Gasteiger partial charge in [-0.25, -0.2) is 9.59 Å².